The lowest BCUT2D eigenvalue weighted by atomic mass is 10.3. The molecule has 0 bridgehead atoms. The zero-order chi connectivity index (χ0) is 8.55. The van der Waals surface area contributed by atoms with E-state index in [0.717, 1.165) is 0 Å². The van der Waals surface area contributed by atoms with Gasteiger partial charge in [0.1, 0.15) is 17.5 Å². The van der Waals surface area contributed by atoms with Gasteiger partial charge in [-0.1, -0.05) is 11.6 Å². The van der Waals surface area contributed by atoms with Gasteiger partial charge in [-0.25, -0.2) is 9.97 Å². The zero-order valence-electron chi connectivity index (χ0n) is 5.74. The molecule has 0 aliphatic rings. The number of nitrogens with zero attached hydrogens (tertiary/aromatic N) is 4. The van der Waals surface area contributed by atoms with Crippen molar-refractivity contribution in [3.63, 3.8) is 0 Å². The molecule has 0 unspecified atom stereocenters. The van der Waals surface area contributed by atoms with E-state index in [1.165, 1.54) is 6.33 Å². The summed E-state index contributed by atoms with van der Waals surface area (Å²) in [5.74, 6) is 0. The number of hydrogen-bond donors (Lipinski definition) is 1. The van der Waals surface area contributed by atoms with Gasteiger partial charge in [0.2, 0.25) is 0 Å². The van der Waals surface area contributed by atoms with Crippen LogP contribution in [0.3, 0.4) is 0 Å². The summed E-state index contributed by atoms with van der Waals surface area (Å²) in [5.41, 5.74) is 0.696. The predicted molar refractivity (Wildman–Crippen MR) is 41.4 cm³/mol. The molecule has 1 N–H and O–H groups in total. The molecule has 0 aliphatic heterocycles. The second-order valence-corrected chi connectivity index (χ2v) is 2.43. The Balaban J connectivity index is 2.95. The Labute approximate surface area is 72.0 Å². The van der Waals surface area contributed by atoms with Crippen LogP contribution in [0, 0.1) is 11.3 Å². The van der Waals surface area contributed by atoms with Crippen LogP contribution in [0.5, 0.6) is 0 Å². The average molecular weight is 180 g/mol. The largest absolute Gasteiger partial charge is 0.259 e. The van der Waals surface area contributed by atoms with Gasteiger partial charge in [0.25, 0.3) is 0 Å². The van der Waals surface area contributed by atoms with Gasteiger partial charge in [-0.2, -0.15) is 10.4 Å². The van der Waals surface area contributed by atoms with Crippen molar-refractivity contribution in [2.75, 3.05) is 0 Å². The number of aromatic nitrogens is 4. The third kappa shape index (κ3) is 0.822. The number of hydrogen-bond acceptors (Lipinski definition) is 4. The molecule has 5 nitrogen and oxygen atoms in total. The minimum Gasteiger partial charge on any atom is -0.259 e. The topological polar surface area (TPSA) is 78.2 Å². The second kappa shape index (κ2) is 2.43. The summed E-state index contributed by atoms with van der Waals surface area (Å²) in [6.07, 6.45) is 1.31. The van der Waals surface area contributed by atoms with Crippen molar-refractivity contribution < 1.29 is 0 Å². The summed E-state index contributed by atoms with van der Waals surface area (Å²) < 4.78 is 0. The van der Waals surface area contributed by atoms with Crippen LogP contribution in [0.15, 0.2) is 6.33 Å². The smallest absolute Gasteiger partial charge is 0.174 e. The van der Waals surface area contributed by atoms with E-state index in [4.69, 9.17) is 16.9 Å². The molecule has 2 aromatic heterocycles. The summed E-state index contributed by atoms with van der Waals surface area (Å²) >= 11 is 5.72. The molecule has 12 heavy (non-hydrogen) atoms. The summed E-state index contributed by atoms with van der Waals surface area (Å²) in [5, 5.41) is 15.6. The second-order valence-electron chi connectivity index (χ2n) is 2.07. The summed E-state index contributed by atoms with van der Waals surface area (Å²) in [7, 11) is 0. The fourth-order valence-corrected chi connectivity index (χ4v) is 1.13. The molecular weight excluding hydrogens is 178 g/mol. The van der Waals surface area contributed by atoms with E-state index >= 15 is 0 Å². The molecule has 0 fully saturated rings. The minimum absolute atomic E-state index is 0.218. The first kappa shape index (κ1) is 7.00. The average Bonchev–Trinajstić information content (AvgIpc) is 2.49. The molecule has 0 saturated carbocycles. The van der Waals surface area contributed by atoms with Crippen LogP contribution < -0.4 is 0 Å². The third-order valence-corrected chi connectivity index (χ3v) is 1.70. The van der Waals surface area contributed by atoms with Gasteiger partial charge in [-0.15, -0.1) is 0 Å². The molecule has 2 rings (SSSR count). The maximum atomic E-state index is 8.60. The molecule has 0 aliphatic carbocycles. The van der Waals surface area contributed by atoms with E-state index in [0.29, 0.717) is 11.0 Å². The Hall–Kier alpha value is -1.67. The van der Waals surface area contributed by atoms with Gasteiger partial charge in [-0.05, 0) is 0 Å². The van der Waals surface area contributed by atoms with Gasteiger partial charge < -0.3 is 0 Å². The van der Waals surface area contributed by atoms with E-state index < -0.39 is 0 Å². The van der Waals surface area contributed by atoms with Crippen molar-refractivity contribution in [2.45, 2.75) is 0 Å². The summed E-state index contributed by atoms with van der Waals surface area (Å²) in [4.78, 5) is 7.58. The first-order valence-electron chi connectivity index (χ1n) is 3.07. The van der Waals surface area contributed by atoms with Crippen molar-refractivity contribution in [1.82, 2.24) is 20.2 Å². The third-order valence-electron chi connectivity index (χ3n) is 1.42. The number of fused-ring (bicyclic) bond motifs is 1. The Bertz CT molecular complexity index is 468. The highest BCUT2D eigenvalue weighted by Crippen LogP contribution is 2.19. The van der Waals surface area contributed by atoms with Crippen molar-refractivity contribution in [3.05, 3.63) is 17.2 Å². The van der Waals surface area contributed by atoms with Gasteiger partial charge in [0.05, 0.1) is 5.39 Å². The van der Waals surface area contributed by atoms with Crippen LogP contribution in [0.2, 0.25) is 5.15 Å². The molecule has 0 saturated heterocycles. The summed E-state index contributed by atoms with van der Waals surface area (Å²) in [6.45, 7) is 0. The molecule has 0 amide bonds. The lowest BCUT2D eigenvalue weighted by Gasteiger charge is -1.88. The Kier molecular flexibility index (Phi) is 1.42. The number of H-pyrrole nitrogens is 1. The van der Waals surface area contributed by atoms with E-state index in [1.807, 2.05) is 6.07 Å². The molecule has 0 atom stereocenters. The fraction of sp³-hybridized carbons (Fsp3) is 0. The highest BCUT2D eigenvalue weighted by molar-refractivity contribution is 6.34. The van der Waals surface area contributed by atoms with Crippen LogP contribution in [-0.4, -0.2) is 20.2 Å². The Morgan fingerprint density at radius 3 is 3.08 bits per heavy atom. The quantitative estimate of drug-likeness (QED) is 0.609. The van der Waals surface area contributed by atoms with E-state index in [1.54, 1.807) is 0 Å². The molecule has 6 heteroatoms. The highest BCUT2D eigenvalue weighted by Gasteiger charge is 2.09. The molecule has 0 aromatic carbocycles. The van der Waals surface area contributed by atoms with E-state index in [-0.39, 0.29) is 10.8 Å². The fourth-order valence-electron chi connectivity index (χ4n) is 0.904. The minimum atomic E-state index is 0.218. The number of rotatable bonds is 0. The van der Waals surface area contributed by atoms with E-state index in [9.17, 15) is 0 Å². The Morgan fingerprint density at radius 2 is 2.33 bits per heavy atom. The van der Waals surface area contributed by atoms with Gasteiger partial charge >= 0.3 is 0 Å². The van der Waals surface area contributed by atoms with Gasteiger partial charge in [0, 0.05) is 0 Å². The first-order valence-corrected chi connectivity index (χ1v) is 3.45. The lowest BCUT2D eigenvalue weighted by molar-refractivity contribution is 1.07. The van der Waals surface area contributed by atoms with E-state index in [2.05, 4.69) is 20.2 Å². The maximum absolute atomic E-state index is 8.60. The van der Waals surface area contributed by atoms with Crippen LogP contribution >= 0.6 is 11.6 Å². The zero-order valence-corrected chi connectivity index (χ0v) is 6.50. The Morgan fingerprint density at radius 1 is 1.50 bits per heavy atom. The molecule has 0 radical (unpaired) electrons. The van der Waals surface area contributed by atoms with Gasteiger partial charge in [0.15, 0.2) is 11.3 Å². The highest BCUT2D eigenvalue weighted by atomic mass is 35.5. The molecule has 2 heterocycles. The number of halogens is 1. The SMILES string of the molecule is N#Cc1n[nH]c2ncnc(Cl)c12. The predicted octanol–water partition coefficient (Wildman–Crippen LogP) is 0.878. The molecule has 2 aromatic rings. The number of nitrogens with one attached hydrogen (secondary N) is 1. The molecule has 58 valence electrons. The molecule has 0 spiro atoms. The maximum Gasteiger partial charge on any atom is 0.174 e. The van der Waals surface area contributed by atoms with Crippen molar-refractivity contribution >= 4 is 22.6 Å². The monoisotopic (exact) mass is 179 g/mol. The standard InChI is InChI=1S/C6H2ClN5/c7-5-4-3(1-8)11-12-6(4)10-2-9-5/h2H,(H,9,10,11,12). The van der Waals surface area contributed by atoms with Crippen molar-refractivity contribution in [2.24, 2.45) is 0 Å². The number of nitriles is 1. The van der Waals surface area contributed by atoms with Crippen molar-refractivity contribution in [3.8, 4) is 6.07 Å². The first-order chi connectivity index (χ1) is 5.83. The molecular formula is C6H2ClN5. The normalized spacial score (nSPS) is 10.0. The van der Waals surface area contributed by atoms with Crippen LogP contribution in [0.4, 0.5) is 0 Å². The summed E-state index contributed by atoms with van der Waals surface area (Å²) in [6, 6.07) is 1.88. The van der Waals surface area contributed by atoms with Crippen LogP contribution in [0.1, 0.15) is 5.69 Å². The van der Waals surface area contributed by atoms with Crippen molar-refractivity contribution in [1.29, 1.82) is 5.26 Å². The van der Waals surface area contributed by atoms with Gasteiger partial charge in [-0.3, -0.25) is 5.10 Å². The van der Waals surface area contributed by atoms with Crippen LogP contribution in [-0.2, 0) is 0 Å². The number of aromatic amines is 1. The lowest BCUT2D eigenvalue weighted by Crippen LogP contribution is -1.81. The van der Waals surface area contributed by atoms with Crippen LogP contribution in [0.25, 0.3) is 11.0 Å².